The van der Waals surface area contributed by atoms with E-state index < -0.39 is 40.3 Å². The van der Waals surface area contributed by atoms with Crippen LogP contribution in [0.1, 0.15) is 42.0 Å². The molecule has 0 saturated carbocycles. The van der Waals surface area contributed by atoms with Crippen molar-refractivity contribution in [1.29, 1.82) is 0 Å². The molecule has 0 spiro atoms. The number of ketones is 1. The summed E-state index contributed by atoms with van der Waals surface area (Å²) < 4.78 is 26.8. The Labute approximate surface area is 591 Å². The van der Waals surface area contributed by atoms with Crippen molar-refractivity contribution >= 4 is 115 Å². The van der Waals surface area contributed by atoms with Gasteiger partial charge in [-0.05, 0) is 134 Å². The van der Waals surface area contributed by atoms with Gasteiger partial charge in [0.25, 0.3) is 0 Å². The molecule has 0 fully saturated rings. The number of hydrogen-bond acceptors (Lipinski definition) is 16. The molecule has 0 saturated heterocycles. The summed E-state index contributed by atoms with van der Waals surface area (Å²) in [6.07, 6.45) is 7.04. The van der Waals surface area contributed by atoms with Gasteiger partial charge in [-0.2, -0.15) is 0 Å². The number of hydrogen-bond donors (Lipinski definition) is 1. The molecular weight excluding hydrogens is 1450 g/mol. The molecule has 101 heavy (non-hydrogen) atoms. The van der Waals surface area contributed by atoms with Crippen LogP contribution in [0.15, 0.2) is 195 Å². The van der Waals surface area contributed by atoms with Crippen molar-refractivity contribution in [3.8, 4) is 80.1 Å². The van der Waals surface area contributed by atoms with E-state index in [9.17, 15) is 30.3 Å². The van der Waals surface area contributed by atoms with Crippen LogP contribution in [-0.2, 0) is 32.3 Å². The number of benzene rings is 11. The van der Waals surface area contributed by atoms with E-state index in [1.54, 1.807) is 0 Å². The van der Waals surface area contributed by atoms with E-state index in [1.807, 2.05) is 61.2 Å². The molecule has 2 unspecified atom stereocenters. The molecule has 11 aromatic carbocycles. The molecule has 2 atom stereocenters. The Kier molecular flexibility index (Phi) is 16.1. The maximum atomic E-state index is 13.9. The van der Waals surface area contributed by atoms with Gasteiger partial charge in [0.2, 0.25) is 0 Å². The summed E-state index contributed by atoms with van der Waals surface area (Å²) in [4.78, 5) is 42.3. The normalized spacial score (nSPS) is 14.2. The number of para-hydroxylation sites is 2. The Morgan fingerprint density at radius 1 is 0.465 bits per heavy atom. The van der Waals surface area contributed by atoms with E-state index in [2.05, 4.69) is 164 Å². The second-order valence-corrected chi connectivity index (χ2v) is 25.3. The third kappa shape index (κ3) is 10.0. The fourth-order valence-electron chi connectivity index (χ4n) is 15.2. The standard InChI is InChI=1S/C30H28O10.2C26H18N4.Pt/c1-10(31)25-24-22-16-11(9-30(25,2)36)28(39-5)26(34)17-12(32)7-14(37-3)19(21(16)17)20-15(38-4)8-13(33)18(23(20)22)27(35)29(24)40-6;2*1-17-11-13-18(14-12-17)26-29-24-20-9-5-15-27-22(20)23-21(10-6-16-28-23)25(24)30(26)19-7-3-2-4-8-19;/h7-8,25,32-36H,9H2,1-6H3;2*2-16H,1H3;/q;;;+4/p-4. The number of aromatic nitrogens is 8. The summed E-state index contributed by atoms with van der Waals surface area (Å²) in [6.45, 7) is 6.91. The molecule has 0 aliphatic heterocycles. The monoisotopic (exact) mass is 1510 g/mol. The van der Waals surface area contributed by atoms with Gasteiger partial charge < -0.3 is 44.5 Å². The number of nitrogens with zero attached hydrogens (tertiary/aromatic N) is 8. The van der Waals surface area contributed by atoms with Crippen molar-refractivity contribution in [2.24, 2.45) is 0 Å². The molecule has 0 radical (unpaired) electrons. The van der Waals surface area contributed by atoms with Gasteiger partial charge in [-0.25, -0.2) is 9.97 Å². The molecule has 6 heterocycles. The van der Waals surface area contributed by atoms with Gasteiger partial charge >= 0.3 is 21.1 Å². The Morgan fingerprint density at radius 3 is 1.25 bits per heavy atom. The third-order valence-corrected chi connectivity index (χ3v) is 19.3. The predicted molar refractivity (Wildman–Crippen MR) is 383 cm³/mol. The van der Waals surface area contributed by atoms with Crippen LogP contribution >= 0.6 is 0 Å². The molecule has 498 valence electrons. The second-order valence-electron chi connectivity index (χ2n) is 25.3. The number of carbonyl (C=O) groups excluding carboxylic acids is 1. The maximum absolute atomic E-state index is 13.9. The smallest absolute Gasteiger partial charge is 0.872 e. The van der Waals surface area contributed by atoms with Gasteiger partial charge in [-0.15, -0.1) is 0 Å². The molecular formula is C82H60N8O10Pt. The number of Topliss-reactive ketones (excluding diaryl/α,β-unsaturated/α-hetero) is 1. The molecule has 1 aliphatic rings. The number of ether oxygens (including phenoxy) is 4. The van der Waals surface area contributed by atoms with E-state index in [-0.39, 0.29) is 99.3 Å². The van der Waals surface area contributed by atoms with E-state index in [0.29, 0.717) is 5.39 Å². The molecule has 18 nitrogen and oxygen atoms in total. The zero-order valence-electron chi connectivity index (χ0n) is 55.8. The molecule has 0 bridgehead atoms. The molecule has 0 amide bonds. The summed E-state index contributed by atoms with van der Waals surface area (Å²) in [5.74, 6) is -2.98. The number of fused-ring (bicyclic) bond motifs is 13. The van der Waals surface area contributed by atoms with Gasteiger partial charge in [0, 0.05) is 108 Å². The summed E-state index contributed by atoms with van der Waals surface area (Å²) in [5.41, 5.74) is 12.8. The van der Waals surface area contributed by atoms with E-state index >= 15 is 0 Å². The van der Waals surface area contributed by atoms with E-state index in [4.69, 9.17) is 28.9 Å². The second kappa shape index (κ2) is 25.1. The van der Waals surface area contributed by atoms with Crippen molar-refractivity contribution in [2.75, 3.05) is 28.4 Å². The average Bonchev–Trinajstić information content (AvgIpc) is 1.66. The van der Waals surface area contributed by atoms with Crippen LogP contribution in [0.25, 0.3) is 143 Å². The first-order valence-electron chi connectivity index (χ1n) is 32.4. The number of pyridine rings is 4. The number of carbonyl (C=O) groups is 1. The Bertz CT molecular complexity index is 5970. The van der Waals surface area contributed by atoms with Gasteiger partial charge in [-0.3, -0.25) is 33.9 Å². The van der Waals surface area contributed by atoms with Crippen LogP contribution in [0, 0.1) is 13.8 Å². The fraction of sp³-hybridized carbons (Fsp3) is 0.134. The van der Waals surface area contributed by atoms with Gasteiger partial charge in [-0.1, -0.05) is 119 Å². The van der Waals surface area contributed by atoms with Crippen LogP contribution in [0.5, 0.6) is 46.0 Å². The Hall–Kier alpha value is -12.0. The molecule has 18 rings (SSSR count). The summed E-state index contributed by atoms with van der Waals surface area (Å²) in [7, 11) is 5.22. The van der Waals surface area contributed by atoms with Gasteiger partial charge in [0.05, 0.1) is 84.1 Å². The summed E-state index contributed by atoms with van der Waals surface area (Å²) in [6, 6.07) is 56.4. The minimum atomic E-state index is -1.84. The number of aliphatic hydroxyl groups is 1. The third-order valence-electron chi connectivity index (χ3n) is 19.3. The van der Waals surface area contributed by atoms with Crippen molar-refractivity contribution in [3.63, 3.8) is 0 Å². The zero-order chi connectivity index (χ0) is 69.2. The largest absolute Gasteiger partial charge is 4.00 e. The summed E-state index contributed by atoms with van der Waals surface area (Å²) in [5, 5.41) is 71.6. The zero-order valence-corrected chi connectivity index (χ0v) is 58.0. The van der Waals surface area contributed by atoms with Crippen molar-refractivity contribution < 1.29 is 70.3 Å². The summed E-state index contributed by atoms with van der Waals surface area (Å²) >= 11 is 0. The van der Waals surface area contributed by atoms with Crippen LogP contribution in [0.4, 0.5) is 0 Å². The SMILES string of the molecule is COc1c([O-])c2c([O-])cc(OC)c3c4c(OC)cc([O-])c5c([O-])c(OC)c6c(c(c1CC(C)(O)C6C(C)=O)c23)c54.Cc1ccc(-c2nc3c4cccnc4c4ncccc4c3n2-c2ccccc2)cc1.Cc1ccc(-c2nc3c4cccnc4c4ncccc4c3n2-c2ccccc2)cc1.[Pt+4]. The quantitative estimate of drug-likeness (QED) is 0.104. The first-order valence-corrected chi connectivity index (χ1v) is 32.4. The Morgan fingerprint density at radius 2 is 0.851 bits per heavy atom. The fourth-order valence-corrected chi connectivity index (χ4v) is 15.2. The molecule has 1 N–H and O–H groups in total. The van der Waals surface area contributed by atoms with Gasteiger partial charge in [0.15, 0.2) is 0 Å². The van der Waals surface area contributed by atoms with Crippen molar-refractivity contribution in [2.45, 2.75) is 45.6 Å². The first kappa shape index (κ1) is 65.0. The Balaban J connectivity index is 0.000000124. The minimum absolute atomic E-state index is 0. The van der Waals surface area contributed by atoms with Crippen molar-refractivity contribution in [3.05, 3.63) is 217 Å². The van der Waals surface area contributed by atoms with Crippen LogP contribution in [-0.4, -0.2) is 84.0 Å². The van der Waals surface area contributed by atoms with Crippen LogP contribution in [0.3, 0.4) is 0 Å². The first-order chi connectivity index (χ1) is 48.6. The predicted octanol–water partition coefficient (Wildman–Crippen LogP) is 14.2. The number of imidazole rings is 2. The molecule has 19 heteroatoms. The van der Waals surface area contributed by atoms with E-state index in [0.717, 1.165) is 106 Å². The minimum Gasteiger partial charge on any atom is -0.872 e. The van der Waals surface area contributed by atoms with Crippen molar-refractivity contribution in [1.82, 2.24) is 39.0 Å². The number of rotatable bonds is 9. The number of aryl methyl sites for hydroxylation is 2. The van der Waals surface area contributed by atoms with E-state index in [1.165, 1.54) is 59.5 Å². The molecule has 6 aromatic heterocycles. The number of methoxy groups -OCH3 is 4. The topological polar surface area (TPSA) is 254 Å². The molecule has 1 aliphatic carbocycles. The molecule has 17 aromatic rings. The van der Waals surface area contributed by atoms with Crippen LogP contribution < -0.4 is 39.4 Å². The average molecular weight is 1510 g/mol. The maximum Gasteiger partial charge on any atom is 4.00 e. The van der Waals surface area contributed by atoms with Crippen LogP contribution in [0.2, 0.25) is 0 Å². The van der Waals surface area contributed by atoms with Gasteiger partial charge in [0.1, 0.15) is 40.4 Å².